The van der Waals surface area contributed by atoms with E-state index in [1.807, 2.05) is 18.2 Å². The van der Waals surface area contributed by atoms with E-state index >= 15 is 0 Å². The summed E-state index contributed by atoms with van der Waals surface area (Å²) in [4.78, 5) is 11.3. The van der Waals surface area contributed by atoms with Crippen molar-refractivity contribution in [2.24, 2.45) is 0 Å². The quantitative estimate of drug-likeness (QED) is 0.787. The lowest BCUT2D eigenvalue weighted by atomic mass is 9.99. The largest absolute Gasteiger partial charge is 0.388 e. The number of aliphatic hydroxyl groups excluding tert-OH is 1. The number of rotatable bonds is 6. The zero-order valence-corrected chi connectivity index (χ0v) is 12.1. The number of thioether (sulfide) groups is 1. The third kappa shape index (κ3) is 3.98. The van der Waals surface area contributed by atoms with Gasteiger partial charge in [0.1, 0.15) is 0 Å². The summed E-state index contributed by atoms with van der Waals surface area (Å²) < 4.78 is 0. The fraction of sp³-hybridized carbons (Fsp3) is 0.533. The van der Waals surface area contributed by atoms with Gasteiger partial charge in [-0.15, -0.1) is 0 Å². The van der Waals surface area contributed by atoms with Crippen LogP contribution in [0, 0.1) is 0 Å². The molecule has 1 unspecified atom stereocenters. The highest BCUT2D eigenvalue weighted by molar-refractivity contribution is 7.99. The van der Waals surface area contributed by atoms with Gasteiger partial charge in [-0.25, -0.2) is 0 Å². The molecular weight excluding hydrogens is 258 g/mol. The van der Waals surface area contributed by atoms with Gasteiger partial charge in [-0.05, 0) is 35.8 Å². The zero-order valence-electron chi connectivity index (χ0n) is 11.3. The highest BCUT2D eigenvalue weighted by atomic mass is 32.2. The highest BCUT2D eigenvalue weighted by Crippen LogP contribution is 2.27. The number of hydrogen-bond acceptors (Lipinski definition) is 3. The predicted octanol–water partition coefficient (Wildman–Crippen LogP) is 3.14. The first-order chi connectivity index (χ1) is 9.20. The lowest BCUT2D eigenvalue weighted by molar-refractivity contribution is -0.116. The Labute approximate surface area is 118 Å². The smallest absolute Gasteiger partial charge is 0.224 e. The van der Waals surface area contributed by atoms with E-state index in [-0.39, 0.29) is 5.91 Å². The molecule has 2 N–H and O–H groups in total. The Morgan fingerprint density at radius 2 is 2.26 bits per heavy atom. The van der Waals surface area contributed by atoms with Gasteiger partial charge < -0.3 is 10.4 Å². The summed E-state index contributed by atoms with van der Waals surface area (Å²) in [6.07, 6.45) is 3.29. The van der Waals surface area contributed by atoms with Crippen molar-refractivity contribution in [2.45, 2.75) is 38.7 Å². The van der Waals surface area contributed by atoms with Crippen LogP contribution in [0.25, 0.3) is 0 Å². The molecule has 0 spiro atoms. The number of aliphatic hydroxyl groups is 1. The zero-order chi connectivity index (χ0) is 13.7. The summed E-state index contributed by atoms with van der Waals surface area (Å²) >= 11 is 1.80. The maximum Gasteiger partial charge on any atom is 0.224 e. The van der Waals surface area contributed by atoms with Crippen molar-refractivity contribution in [1.82, 2.24) is 0 Å². The summed E-state index contributed by atoms with van der Waals surface area (Å²) in [6, 6.07) is 5.84. The predicted molar refractivity (Wildman–Crippen MR) is 80.6 cm³/mol. The van der Waals surface area contributed by atoms with E-state index < -0.39 is 6.10 Å². The van der Waals surface area contributed by atoms with Crippen LogP contribution < -0.4 is 5.32 Å². The average Bonchev–Trinajstić information content (AvgIpc) is 2.42. The minimum Gasteiger partial charge on any atom is -0.388 e. The molecule has 0 fully saturated rings. The Kier molecular flexibility index (Phi) is 5.28. The fourth-order valence-electron chi connectivity index (χ4n) is 2.15. The van der Waals surface area contributed by atoms with Gasteiger partial charge in [-0.2, -0.15) is 11.8 Å². The standard InChI is InChI=1S/C15H21NO2S/c1-2-3-8-19-10-14(17)12-4-6-13-11(9-12)5-7-15(18)16-13/h4,6,9,14,17H,2-3,5,7-8,10H2,1H3,(H,16,18). The number of carbonyl (C=O) groups excluding carboxylic acids is 1. The van der Waals surface area contributed by atoms with Gasteiger partial charge in [0.15, 0.2) is 0 Å². The van der Waals surface area contributed by atoms with Crippen LogP contribution in [0.4, 0.5) is 5.69 Å². The Hall–Kier alpha value is -1.00. The Bertz CT molecular complexity index is 448. The second-order valence-electron chi connectivity index (χ2n) is 4.91. The molecule has 19 heavy (non-hydrogen) atoms. The van der Waals surface area contributed by atoms with E-state index in [2.05, 4.69) is 12.2 Å². The molecule has 104 valence electrons. The topological polar surface area (TPSA) is 49.3 Å². The molecule has 1 atom stereocenters. The molecule has 0 bridgehead atoms. The lowest BCUT2D eigenvalue weighted by Crippen LogP contribution is -2.19. The van der Waals surface area contributed by atoms with Gasteiger partial charge in [0.05, 0.1) is 6.10 Å². The Morgan fingerprint density at radius 3 is 3.05 bits per heavy atom. The molecule has 0 saturated carbocycles. The molecule has 1 aliphatic rings. The van der Waals surface area contributed by atoms with Gasteiger partial charge in [0.25, 0.3) is 0 Å². The van der Waals surface area contributed by atoms with Crippen LogP contribution in [0.15, 0.2) is 18.2 Å². The fourth-order valence-corrected chi connectivity index (χ4v) is 3.22. The normalized spacial score (nSPS) is 15.8. The third-order valence-electron chi connectivity index (χ3n) is 3.33. The van der Waals surface area contributed by atoms with Gasteiger partial charge in [0, 0.05) is 17.9 Å². The lowest BCUT2D eigenvalue weighted by Gasteiger charge is -2.19. The van der Waals surface area contributed by atoms with Crippen LogP contribution in [0.5, 0.6) is 0 Å². The Balaban J connectivity index is 1.95. The van der Waals surface area contributed by atoms with Crippen LogP contribution in [0.3, 0.4) is 0 Å². The van der Waals surface area contributed by atoms with Gasteiger partial charge in [0.2, 0.25) is 5.91 Å². The van der Waals surface area contributed by atoms with E-state index in [0.29, 0.717) is 6.42 Å². The van der Waals surface area contributed by atoms with Crippen molar-refractivity contribution in [1.29, 1.82) is 0 Å². The minimum atomic E-state index is -0.412. The monoisotopic (exact) mass is 279 g/mol. The van der Waals surface area contributed by atoms with Crippen LogP contribution >= 0.6 is 11.8 Å². The van der Waals surface area contributed by atoms with Crippen molar-refractivity contribution in [3.8, 4) is 0 Å². The SMILES string of the molecule is CCCCSCC(O)c1ccc2c(c1)CCC(=O)N2. The molecule has 1 heterocycles. The molecule has 0 radical (unpaired) electrons. The van der Waals surface area contributed by atoms with E-state index in [1.54, 1.807) is 11.8 Å². The number of hydrogen-bond donors (Lipinski definition) is 2. The molecule has 1 amide bonds. The summed E-state index contributed by atoms with van der Waals surface area (Å²) in [5.41, 5.74) is 2.99. The summed E-state index contributed by atoms with van der Waals surface area (Å²) in [5, 5.41) is 13.0. The molecule has 2 rings (SSSR count). The summed E-state index contributed by atoms with van der Waals surface area (Å²) in [5.74, 6) is 1.93. The average molecular weight is 279 g/mol. The molecule has 1 aliphatic heterocycles. The number of aryl methyl sites for hydroxylation is 1. The van der Waals surface area contributed by atoms with Crippen molar-refractivity contribution in [2.75, 3.05) is 16.8 Å². The van der Waals surface area contributed by atoms with Crippen molar-refractivity contribution < 1.29 is 9.90 Å². The maximum atomic E-state index is 11.3. The molecule has 1 aromatic rings. The molecule has 4 heteroatoms. The molecule has 0 aliphatic carbocycles. The molecule has 0 saturated heterocycles. The Morgan fingerprint density at radius 1 is 1.42 bits per heavy atom. The second-order valence-corrected chi connectivity index (χ2v) is 6.06. The maximum absolute atomic E-state index is 11.3. The van der Waals surface area contributed by atoms with Gasteiger partial charge in [-0.3, -0.25) is 4.79 Å². The number of amides is 1. The first-order valence-electron chi connectivity index (χ1n) is 6.89. The van der Waals surface area contributed by atoms with Gasteiger partial charge in [-0.1, -0.05) is 25.5 Å². The number of nitrogens with one attached hydrogen (secondary N) is 1. The summed E-state index contributed by atoms with van der Waals surface area (Å²) in [7, 11) is 0. The molecule has 1 aromatic carbocycles. The van der Waals surface area contributed by atoms with Crippen LogP contribution in [0.2, 0.25) is 0 Å². The van der Waals surface area contributed by atoms with Crippen LogP contribution in [-0.4, -0.2) is 22.5 Å². The first-order valence-corrected chi connectivity index (χ1v) is 8.04. The minimum absolute atomic E-state index is 0.0796. The summed E-state index contributed by atoms with van der Waals surface area (Å²) in [6.45, 7) is 2.18. The second kappa shape index (κ2) is 6.96. The molecule has 3 nitrogen and oxygen atoms in total. The number of fused-ring (bicyclic) bond motifs is 1. The van der Waals surface area contributed by atoms with Crippen molar-refractivity contribution in [3.63, 3.8) is 0 Å². The van der Waals surface area contributed by atoms with Crippen LogP contribution in [-0.2, 0) is 11.2 Å². The number of unbranched alkanes of at least 4 members (excludes halogenated alkanes) is 1. The van der Waals surface area contributed by atoms with E-state index in [0.717, 1.165) is 34.7 Å². The van der Waals surface area contributed by atoms with Crippen molar-refractivity contribution in [3.05, 3.63) is 29.3 Å². The van der Waals surface area contributed by atoms with Crippen LogP contribution in [0.1, 0.15) is 43.4 Å². The number of anilines is 1. The van der Waals surface area contributed by atoms with Gasteiger partial charge >= 0.3 is 0 Å². The van der Waals surface area contributed by atoms with Crippen molar-refractivity contribution >= 4 is 23.4 Å². The number of carbonyl (C=O) groups is 1. The third-order valence-corrected chi connectivity index (χ3v) is 4.46. The number of benzene rings is 1. The first kappa shape index (κ1) is 14.4. The van der Waals surface area contributed by atoms with E-state index in [4.69, 9.17) is 0 Å². The van der Waals surface area contributed by atoms with E-state index in [9.17, 15) is 9.90 Å². The highest BCUT2D eigenvalue weighted by Gasteiger charge is 2.16. The molecule has 0 aromatic heterocycles. The molecular formula is C15H21NO2S. The van der Waals surface area contributed by atoms with E-state index in [1.165, 1.54) is 12.8 Å².